The van der Waals surface area contributed by atoms with Crippen LogP contribution >= 0.6 is 11.6 Å². The van der Waals surface area contributed by atoms with Crippen molar-refractivity contribution in [3.05, 3.63) is 94.0 Å². The second-order valence-corrected chi connectivity index (χ2v) is 10.7. The van der Waals surface area contributed by atoms with Crippen LogP contribution in [-0.2, 0) is 20.5 Å². The normalized spacial score (nSPS) is 29.8. The molecule has 0 aliphatic carbocycles. The van der Waals surface area contributed by atoms with Gasteiger partial charge in [0.05, 0.1) is 5.92 Å². The van der Waals surface area contributed by atoms with Crippen LogP contribution in [-0.4, -0.2) is 35.1 Å². The molecule has 0 aromatic heterocycles. The van der Waals surface area contributed by atoms with Crippen LogP contribution in [0.4, 0.5) is 11.4 Å². The van der Waals surface area contributed by atoms with E-state index in [-0.39, 0.29) is 23.6 Å². The lowest BCUT2D eigenvalue weighted by molar-refractivity contribution is -0.137. The van der Waals surface area contributed by atoms with Crippen molar-refractivity contribution in [3.63, 3.8) is 0 Å². The standard InChI is InChI=1S/C29H24ClN3O3/c1-16-8-13-22-20(15-16)29(27(36)32-22)28(19-5-2-3-6-21(19)31-26(28)35)24(23-7-4-14-33(23)29)25(34)17-9-11-18(30)12-10-17/h2-3,5-6,8-13,15,23-24H,4,7,14H2,1H3,(H,31,35)(H,32,36)/t23-,24-,28+,29+/m0/s1. The zero-order chi connectivity index (χ0) is 24.8. The first-order valence-electron chi connectivity index (χ1n) is 12.3. The Balaban J connectivity index is 1.59. The van der Waals surface area contributed by atoms with Gasteiger partial charge in [-0.1, -0.05) is 47.5 Å². The van der Waals surface area contributed by atoms with Crippen molar-refractivity contribution in [1.82, 2.24) is 4.90 Å². The van der Waals surface area contributed by atoms with Gasteiger partial charge in [-0.3, -0.25) is 19.3 Å². The summed E-state index contributed by atoms with van der Waals surface area (Å²) in [4.78, 5) is 45.3. The van der Waals surface area contributed by atoms with Gasteiger partial charge in [0.2, 0.25) is 5.91 Å². The van der Waals surface area contributed by atoms with Crippen LogP contribution in [0.25, 0.3) is 0 Å². The Labute approximate surface area is 213 Å². The molecule has 180 valence electrons. The van der Waals surface area contributed by atoms with Crippen LogP contribution in [0.15, 0.2) is 66.7 Å². The second-order valence-electron chi connectivity index (χ2n) is 10.3. The number of carbonyl (C=O) groups excluding carboxylic acids is 3. The van der Waals surface area contributed by atoms with Crippen molar-refractivity contribution < 1.29 is 14.4 Å². The van der Waals surface area contributed by atoms with E-state index in [0.29, 0.717) is 34.1 Å². The number of nitrogens with zero attached hydrogens (tertiary/aromatic N) is 1. The van der Waals surface area contributed by atoms with Crippen molar-refractivity contribution in [2.75, 3.05) is 17.2 Å². The molecule has 2 spiro atoms. The Morgan fingerprint density at radius 3 is 2.47 bits per heavy atom. The van der Waals surface area contributed by atoms with Crippen molar-refractivity contribution in [3.8, 4) is 0 Å². The van der Waals surface area contributed by atoms with Gasteiger partial charge in [-0.2, -0.15) is 0 Å². The first kappa shape index (κ1) is 21.8. The van der Waals surface area contributed by atoms with Gasteiger partial charge in [0.1, 0.15) is 11.0 Å². The molecule has 2 amide bonds. The van der Waals surface area contributed by atoms with Crippen LogP contribution in [0.2, 0.25) is 5.02 Å². The number of ketones is 1. The molecule has 2 fully saturated rings. The van der Waals surface area contributed by atoms with E-state index in [9.17, 15) is 14.4 Å². The molecule has 7 rings (SSSR count). The van der Waals surface area contributed by atoms with Gasteiger partial charge >= 0.3 is 0 Å². The van der Waals surface area contributed by atoms with Gasteiger partial charge in [0, 0.05) is 33.6 Å². The van der Waals surface area contributed by atoms with Crippen molar-refractivity contribution >= 4 is 40.6 Å². The molecular weight excluding hydrogens is 474 g/mol. The third-order valence-electron chi connectivity index (χ3n) is 8.66. The maximum absolute atomic E-state index is 14.5. The summed E-state index contributed by atoms with van der Waals surface area (Å²) >= 11 is 6.13. The summed E-state index contributed by atoms with van der Waals surface area (Å²) < 4.78 is 0. The molecule has 4 aliphatic heterocycles. The molecule has 3 aromatic carbocycles. The zero-order valence-electron chi connectivity index (χ0n) is 19.7. The summed E-state index contributed by atoms with van der Waals surface area (Å²) in [6.45, 7) is 2.62. The number of hydrogen-bond donors (Lipinski definition) is 2. The quantitative estimate of drug-likeness (QED) is 0.505. The highest BCUT2D eigenvalue weighted by molar-refractivity contribution is 6.30. The molecule has 4 atom stereocenters. The number of Topliss-reactive ketones (excluding diaryl/α,β-unsaturated/α-hetero) is 1. The highest BCUT2D eigenvalue weighted by Crippen LogP contribution is 2.67. The molecule has 3 aromatic rings. The predicted octanol–water partition coefficient (Wildman–Crippen LogP) is 4.66. The highest BCUT2D eigenvalue weighted by atomic mass is 35.5. The molecular formula is C29H24ClN3O3. The monoisotopic (exact) mass is 497 g/mol. The predicted molar refractivity (Wildman–Crippen MR) is 137 cm³/mol. The summed E-state index contributed by atoms with van der Waals surface area (Å²) in [5.74, 6) is -1.42. The number of aryl methyl sites for hydroxylation is 1. The zero-order valence-corrected chi connectivity index (χ0v) is 20.4. The Bertz CT molecular complexity index is 1490. The maximum atomic E-state index is 14.5. The fraction of sp³-hybridized carbons (Fsp3) is 0.276. The van der Waals surface area contributed by atoms with Crippen molar-refractivity contribution in [1.29, 1.82) is 0 Å². The molecule has 0 saturated carbocycles. The minimum absolute atomic E-state index is 0.138. The first-order chi connectivity index (χ1) is 17.4. The average Bonchev–Trinajstić information content (AvgIpc) is 3.58. The molecule has 0 unspecified atom stereocenters. The van der Waals surface area contributed by atoms with E-state index < -0.39 is 16.9 Å². The number of nitrogens with one attached hydrogen (secondary N) is 2. The van der Waals surface area contributed by atoms with Crippen molar-refractivity contribution in [2.45, 2.75) is 36.8 Å². The largest absolute Gasteiger partial charge is 0.325 e. The third kappa shape index (κ3) is 2.39. The van der Waals surface area contributed by atoms with E-state index in [1.54, 1.807) is 24.3 Å². The first-order valence-corrected chi connectivity index (χ1v) is 12.7. The molecule has 2 saturated heterocycles. The average molecular weight is 498 g/mol. The van der Waals surface area contributed by atoms with Crippen LogP contribution in [0.1, 0.15) is 39.9 Å². The third-order valence-corrected chi connectivity index (χ3v) is 8.92. The van der Waals surface area contributed by atoms with Gasteiger partial charge in [-0.05, 0) is 68.3 Å². The lowest BCUT2D eigenvalue weighted by Gasteiger charge is -2.43. The number of amides is 2. The molecule has 36 heavy (non-hydrogen) atoms. The maximum Gasteiger partial charge on any atom is 0.251 e. The van der Waals surface area contributed by atoms with E-state index in [0.717, 1.165) is 24.0 Å². The number of benzene rings is 3. The van der Waals surface area contributed by atoms with E-state index in [4.69, 9.17) is 11.6 Å². The Kier molecular flexibility index (Phi) is 4.40. The van der Waals surface area contributed by atoms with Gasteiger partial charge in [-0.25, -0.2) is 0 Å². The molecule has 4 heterocycles. The second kappa shape index (κ2) is 7.28. The Hall–Kier alpha value is -3.48. The minimum Gasteiger partial charge on any atom is -0.325 e. The summed E-state index contributed by atoms with van der Waals surface area (Å²) in [5.41, 5.74) is 1.58. The highest BCUT2D eigenvalue weighted by Gasteiger charge is 2.81. The number of fused-ring (bicyclic) bond motifs is 7. The van der Waals surface area contributed by atoms with E-state index in [1.165, 1.54) is 0 Å². The number of anilines is 2. The van der Waals surface area contributed by atoms with Crippen LogP contribution in [0.5, 0.6) is 0 Å². The Morgan fingerprint density at radius 2 is 1.67 bits per heavy atom. The van der Waals surface area contributed by atoms with E-state index in [2.05, 4.69) is 15.5 Å². The summed E-state index contributed by atoms with van der Waals surface area (Å²) in [6, 6.07) is 19.9. The molecule has 0 bridgehead atoms. The molecule has 2 N–H and O–H groups in total. The lowest BCUT2D eigenvalue weighted by Crippen LogP contribution is -2.62. The topological polar surface area (TPSA) is 78.5 Å². The molecule has 7 heteroatoms. The van der Waals surface area contributed by atoms with Gasteiger partial charge in [0.15, 0.2) is 5.78 Å². The van der Waals surface area contributed by atoms with Crippen LogP contribution in [0.3, 0.4) is 0 Å². The van der Waals surface area contributed by atoms with Crippen LogP contribution in [0, 0.1) is 12.8 Å². The SMILES string of the molecule is Cc1ccc2c(c1)[C@]1(C(=O)N2)N2CCC[C@H]2[C@@H](C(=O)c2ccc(Cl)cc2)[C@]12C(=O)Nc1ccccc12. The number of carbonyl (C=O) groups is 3. The molecule has 4 aliphatic rings. The molecule has 6 nitrogen and oxygen atoms in total. The fourth-order valence-corrected chi connectivity index (χ4v) is 7.61. The lowest BCUT2D eigenvalue weighted by atomic mass is 9.57. The number of halogens is 1. The summed E-state index contributed by atoms with van der Waals surface area (Å²) in [6.07, 6.45) is 1.59. The molecule has 0 radical (unpaired) electrons. The number of rotatable bonds is 2. The van der Waals surface area contributed by atoms with E-state index in [1.807, 2.05) is 49.4 Å². The number of para-hydroxylation sites is 1. The van der Waals surface area contributed by atoms with Gasteiger partial charge < -0.3 is 10.6 Å². The minimum atomic E-state index is -1.42. The summed E-state index contributed by atoms with van der Waals surface area (Å²) in [7, 11) is 0. The Morgan fingerprint density at radius 1 is 0.944 bits per heavy atom. The fourth-order valence-electron chi connectivity index (χ4n) is 7.49. The van der Waals surface area contributed by atoms with Crippen LogP contribution < -0.4 is 10.6 Å². The van der Waals surface area contributed by atoms with E-state index >= 15 is 0 Å². The summed E-state index contributed by atoms with van der Waals surface area (Å²) in [5, 5.41) is 6.69. The van der Waals surface area contributed by atoms with Crippen molar-refractivity contribution in [2.24, 2.45) is 5.92 Å². The van der Waals surface area contributed by atoms with Gasteiger partial charge in [0.25, 0.3) is 5.91 Å². The van der Waals surface area contributed by atoms with Gasteiger partial charge in [-0.15, -0.1) is 0 Å². The smallest absolute Gasteiger partial charge is 0.251 e. The number of hydrogen-bond acceptors (Lipinski definition) is 4.